The minimum absolute atomic E-state index is 0.0367. The van der Waals surface area contributed by atoms with Crippen molar-refractivity contribution in [1.29, 1.82) is 0 Å². The first-order valence-electron chi connectivity index (χ1n) is 10.9. The van der Waals surface area contributed by atoms with Gasteiger partial charge in [-0.3, -0.25) is 9.48 Å². The molecule has 8 nitrogen and oxygen atoms in total. The first-order valence-corrected chi connectivity index (χ1v) is 11.3. The number of fused-ring (bicyclic) bond motifs is 1. The van der Waals surface area contributed by atoms with Gasteiger partial charge in [0, 0.05) is 28.4 Å². The lowest BCUT2D eigenvalue weighted by atomic mass is 10.1. The number of anilines is 1. The van der Waals surface area contributed by atoms with Crippen molar-refractivity contribution in [2.75, 3.05) is 12.4 Å². The Balaban J connectivity index is 1.47. The van der Waals surface area contributed by atoms with Gasteiger partial charge in [-0.25, -0.2) is 22.7 Å². The summed E-state index contributed by atoms with van der Waals surface area (Å²) >= 11 is 6.08. The lowest BCUT2D eigenvalue weighted by molar-refractivity contribution is 0.102. The van der Waals surface area contributed by atoms with E-state index in [2.05, 4.69) is 20.5 Å². The van der Waals surface area contributed by atoms with Gasteiger partial charge in [0.05, 0.1) is 25.5 Å². The molecule has 12 heteroatoms. The van der Waals surface area contributed by atoms with Gasteiger partial charge in [-0.2, -0.15) is 10.2 Å². The van der Waals surface area contributed by atoms with Gasteiger partial charge < -0.3 is 10.1 Å². The molecular weight excluding hydrogens is 509 g/mol. The zero-order valence-electron chi connectivity index (χ0n) is 19.2. The van der Waals surface area contributed by atoms with Crippen LogP contribution in [-0.2, 0) is 6.54 Å². The number of halogens is 4. The molecule has 37 heavy (non-hydrogen) atoms. The van der Waals surface area contributed by atoms with Crippen LogP contribution in [0, 0.1) is 5.82 Å². The zero-order valence-corrected chi connectivity index (χ0v) is 20.0. The molecule has 0 aliphatic rings. The molecule has 0 bridgehead atoms. The molecule has 0 aliphatic heterocycles. The molecule has 188 valence electrons. The predicted octanol–water partition coefficient (Wildman–Crippen LogP) is 5.63. The van der Waals surface area contributed by atoms with Gasteiger partial charge in [0.25, 0.3) is 12.3 Å². The Hall–Kier alpha value is -4.38. The van der Waals surface area contributed by atoms with E-state index in [9.17, 15) is 18.0 Å². The fourth-order valence-electron chi connectivity index (χ4n) is 3.84. The Labute approximate surface area is 213 Å². The van der Waals surface area contributed by atoms with Crippen LogP contribution in [0.5, 0.6) is 5.75 Å². The summed E-state index contributed by atoms with van der Waals surface area (Å²) in [5, 5.41) is 11.0. The van der Waals surface area contributed by atoms with Gasteiger partial charge >= 0.3 is 0 Å². The van der Waals surface area contributed by atoms with Crippen molar-refractivity contribution in [1.82, 2.24) is 24.4 Å². The van der Waals surface area contributed by atoms with Crippen molar-refractivity contribution in [2.24, 2.45) is 0 Å². The summed E-state index contributed by atoms with van der Waals surface area (Å²) in [5.41, 5.74) is 0.392. The van der Waals surface area contributed by atoms with Gasteiger partial charge in [0.1, 0.15) is 22.8 Å². The van der Waals surface area contributed by atoms with E-state index in [-0.39, 0.29) is 39.9 Å². The van der Waals surface area contributed by atoms with E-state index < -0.39 is 23.8 Å². The lowest BCUT2D eigenvalue weighted by Crippen LogP contribution is -2.14. The van der Waals surface area contributed by atoms with Crippen LogP contribution in [0.15, 0.2) is 67.0 Å². The maximum Gasteiger partial charge on any atom is 0.280 e. The first-order chi connectivity index (χ1) is 17.9. The van der Waals surface area contributed by atoms with Crippen molar-refractivity contribution in [3.63, 3.8) is 0 Å². The quantitative estimate of drug-likeness (QED) is 0.297. The van der Waals surface area contributed by atoms with E-state index in [0.29, 0.717) is 11.3 Å². The Morgan fingerprint density at radius 2 is 1.97 bits per heavy atom. The number of ether oxygens (including phenoxy) is 1. The van der Waals surface area contributed by atoms with Crippen LogP contribution in [-0.4, -0.2) is 37.4 Å². The number of benzene rings is 2. The van der Waals surface area contributed by atoms with Gasteiger partial charge in [-0.15, -0.1) is 0 Å². The average molecular weight is 527 g/mol. The third-order valence-electron chi connectivity index (χ3n) is 5.61. The second-order valence-corrected chi connectivity index (χ2v) is 8.32. The second kappa shape index (κ2) is 9.94. The van der Waals surface area contributed by atoms with E-state index in [1.807, 2.05) is 0 Å². The highest BCUT2D eigenvalue weighted by Crippen LogP contribution is 2.32. The molecule has 0 aliphatic carbocycles. The molecule has 1 N–H and O–H groups in total. The maximum atomic E-state index is 14.1. The highest BCUT2D eigenvalue weighted by Gasteiger charge is 2.23. The van der Waals surface area contributed by atoms with E-state index in [4.69, 9.17) is 16.3 Å². The van der Waals surface area contributed by atoms with Crippen LogP contribution in [0.3, 0.4) is 0 Å². The molecule has 0 spiro atoms. The number of carbonyl (C=O) groups excluding carboxylic acids is 1. The van der Waals surface area contributed by atoms with Gasteiger partial charge in [-0.1, -0.05) is 29.8 Å². The van der Waals surface area contributed by atoms with E-state index in [1.165, 1.54) is 36.1 Å². The van der Waals surface area contributed by atoms with Crippen molar-refractivity contribution < 1.29 is 22.7 Å². The third kappa shape index (κ3) is 4.73. The monoisotopic (exact) mass is 526 g/mol. The number of nitrogens with zero attached hydrogens (tertiary/aromatic N) is 5. The van der Waals surface area contributed by atoms with Gasteiger partial charge in [0.2, 0.25) is 0 Å². The molecule has 0 fully saturated rings. The predicted molar refractivity (Wildman–Crippen MR) is 131 cm³/mol. The number of hydrogen-bond acceptors (Lipinski definition) is 5. The lowest BCUT2D eigenvalue weighted by Gasteiger charge is -2.11. The summed E-state index contributed by atoms with van der Waals surface area (Å²) in [6.07, 6.45) is -0.178. The number of carbonyl (C=O) groups is 1. The van der Waals surface area contributed by atoms with Crippen LogP contribution >= 0.6 is 11.6 Å². The maximum absolute atomic E-state index is 14.1. The Morgan fingerprint density at radius 3 is 2.73 bits per heavy atom. The molecule has 3 heterocycles. The molecule has 0 atom stereocenters. The Kier molecular flexibility index (Phi) is 6.53. The number of alkyl halides is 2. The van der Waals surface area contributed by atoms with Crippen molar-refractivity contribution in [3.05, 3.63) is 94.7 Å². The third-order valence-corrected chi connectivity index (χ3v) is 5.97. The number of methoxy groups -OCH3 is 1. The average Bonchev–Trinajstić information content (AvgIpc) is 3.52. The van der Waals surface area contributed by atoms with Crippen molar-refractivity contribution in [2.45, 2.75) is 13.0 Å². The largest absolute Gasteiger partial charge is 0.496 e. The van der Waals surface area contributed by atoms with Crippen LogP contribution in [0.2, 0.25) is 5.02 Å². The van der Waals surface area contributed by atoms with Crippen LogP contribution < -0.4 is 10.1 Å². The smallest absolute Gasteiger partial charge is 0.280 e. The SMILES string of the molecule is COc1ccccc1-c1cc(C(F)F)n2ncc(C(=O)Nc3ccn(Cc4c(F)cccc4Cl)n3)c2n1. The summed E-state index contributed by atoms with van der Waals surface area (Å²) in [6.45, 7) is 0.0413. The first kappa shape index (κ1) is 24.3. The molecule has 5 aromatic rings. The molecule has 0 unspecified atom stereocenters. The van der Waals surface area contributed by atoms with Gasteiger partial charge in [-0.05, 0) is 30.3 Å². The minimum Gasteiger partial charge on any atom is -0.496 e. The van der Waals surface area contributed by atoms with Gasteiger partial charge in [0.15, 0.2) is 11.5 Å². The molecule has 5 rings (SSSR count). The van der Waals surface area contributed by atoms with Crippen LogP contribution in [0.4, 0.5) is 19.0 Å². The van der Waals surface area contributed by atoms with Crippen molar-refractivity contribution >= 4 is 29.0 Å². The van der Waals surface area contributed by atoms with E-state index in [0.717, 1.165) is 10.7 Å². The second-order valence-electron chi connectivity index (χ2n) is 7.91. The van der Waals surface area contributed by atoms with Crippen LogP contribution in [0.1, 0.15) is 28.0 Å². The topological polar surface area (TPSA) is 86.3 Å². The Morgan fingerprint density at radius 1 is 1.16 bits per heavy atom. The molecular formula is C25H18ClF3N6O2. The number of hydrogen-bond donors (Lipinski definition) is 1. The summed E-state index contributed by atoms with van der Waals surface area (Å²) in [4.78, 5) is 17.5. The summed E-state index contributed by atoms with van der Waals surface area (Å²) in [5.74, 6) is -0.543. The molecule has 2 aromatic carbocycles. The summed E-state index contributed by atoms with van der Waals surface area (Å²) in [7, 11) is 1.46. The van der Waals surface area contributed by atoms with E-state index >= 15 is 0 Å². The molecule has 3 aromatic heterocycles. The number of para-hydroxylation sites is 1. The number of aromatic nitrogens is 5. The summed E-state index contributed by atoms with van der Waals surface area (Å²) < 4.78 is 49.6. The number of amides is 1. The standard InChI is InChI=1S/C25H18ClF3N6O2/c1-37-21-8-3-2-5-14(21)19-11-20(23(28)29)35-24(31-19)15(12-30-35)25(36)32-22-9-10-34(33-22)13-16-17(26)6-4-7-18(16)27/h2-12,23H,13H2,1H3,(H,32,33,36). The van der Waals surface area contributed by atoms with Crippen molar-refractivity contribution in [3.8, 4) is 17.0 Å². The highest BCUT2D eigenvalue weighted by molar-refractivity contribution is 6.31. The summed E-state index contributed by atoms with van der Waals surface area (Å²) in [6, 6.07) is 13.9. The highest BCUT2D eigenvalue weighted by atomic mass is 35.5. The number of rotatable bonds is 7. The fourth-order valence-corrected chi connectivity index (χ4v) is 4.06. The molecule has 1 amide bonds. The fraction of sp³-hybridized carbons (Fsp3) is 0.120. The molecule has 0 saturated heterocycles. The van der Waals surface area contributed by atoms with Crippen LogP contribution in [0.25, 0.3) is 16.9 Å². The zero-order chi connectivity index (χ0) is 26.1. The van der Waals surface area contributed by atoms with E-state index in [1.54, 1.807) is 36.5 Å². The molecule has 0 radical (unpaired) electrons. The number of nitrogens with one attached hydrogen (secondary N) is 1. The minimum atomic E-state index is -2.88. The molecule has 0 saturated carbocycles. The Bertz CT molecular complexity index is 1600. The normalized spacial score (nSPS) is 11.3.